The predicted octanol–water partition coefficient (Wildman–Crippen LogP) is 3.27. The second-order valence-corrected chi connectivity index (χ2v) is 4.77. The molecule has 0 nitrogen and oxygen atoms in total. The number of halogens is 3. The lowest BCUT2D eigenvalue weighted by molar-refractivity contribution is 1.29. The maximum Gasteiger partial charge on any atom is 0.199 e. The van der Waals surface area contributed by atoms with Gasteiger partial charge in [-0.15, -0.1) is 0 Å². The van der Waals surface area contributed by atoms with Crippen LogP contribution in [0.2, 0.25) is 0 Å². The van der Waals surface area contributed by atoms with E-state index >= 15 is 0 Å². The van der Waals surface area contributed by atoms with Crippen molar-refractivity contribution >= 4 is 46.6 Å². The van der Waals surface area contributed by atoms with Gasteiger partial charge in [0.05, 0.1) is 0 Å². The van der Waals surface area contributed by atoms with Gasteiger partial charge in [0.15, 0.2) is 3.79 Å². The van der Waals surface area contributed by atoms with E-state index in [9.17, 15) is 0 Å². The molecule has 0 N–H and O–H groups in total. The average molecular weight is 193 g/mol. The van der Waals surface area contributed by atoms with Gasteiger partial charge in [-0.3, -0.25) is 0 Å². The first-order valence-electron chi connectivity index (χ1n) is 2.02. The Morgan fingerprint density at radius 2 is 2.00 bits per heavy atom. The summed E-state index contributed by atoms with van der Waals surface area (Å²) in [6.45, 7) is 1.90. The van der Waals surface area contributed by atoms with Crippen LogP contribution in [0.4, 0.5) is 0 Å². The highest BCUT2D eigenvalue weighted by atomic mass is 35.6. The smallest absolute Gasteiger partial charge is 0.153 e. The molecular weight excluding hydrogens is 186 g/mol. The molecule has 0 aliphatic heterocycles. The van der Waals surface area contributed by atoms with Crippen molar-refractivity contribution < 1.29 is 0 Å². The fraction of sp³-hybridized carbons (Fsp3) is 0.750. The van der Waals surface area contributed by atoms with E-state index in [-0.39, 0.29) is 0 Å². The Hall–Kier alpha value is 1.22. The highest BCUT2D eigenvalue weighted by Crippen LogP contribution is 2.30. The minimum absolute atomic E-state index is 0.522. The normalized spacial score (nSPS) is 12.0. The summed E-state index contributed by atoms with van der Waals surface area (Å²) in [5, 5.41) is 0. The topological polar surface area (TPSA) is 0 Å². The zero-order valence-corrected chi connectivity index (χ0v) is 7.41. The fourth-order valence-corrected chi connectivity index (χ4v) is 1.10. The lowest BCUT2D eigenvalue weighted by Crippen LogP contribution is -2.04. The van der Waals surface area contributed by atoms with Gasteiger partial charge in [0, 0.05) is 11.5 Å². The molecule has 0 fully saturated rings. The Balaban J connectivity index is 3.11. The second-order valence-electron chi connectivity index (χ2n) is 1.16. The first-order chi connectivity index (χ1) is 3.56. The van der Waals surface area contributed by atoms with Crippen LogP contribution in [0.15, 0.2) is 0 Å². The Labute approximate surface area is 68.9 Å². The number of alkyl halides is 3. The van der Waals surface area contributed by atoms with E-state index < -0.39 is 3.79 Å². The minimum atomic E-state index is -1.10. The number of thioether (sulfide) groups is 1. The molecule has 0 aromatic carbocycles. The van der Waals surface area contributed by atoms with Gasteiger partial charge in [-0.05, 0) is 0 Å². The van der Waals surface area contributed by atoms with Crippen molar-refractivity contribution in [3.63, 3.8) is 0 Å². The number of hydrogen-bond acceptors (Lipinski definition) is 1. The molecule has 49 valence electrons. The van der Waals surface area contributed by atoms with Crippen LogP contribution >= 0.6 is 46.6 Å². The van der Waals surface area contributed by atoms with Crippen LogP contribution < -0.4 is 0 Å². The van der Waals surface area contributed by atoms with Crippen molar-refractivity contribution in [3.05, 3.63) is 5.75 Å². The quantitative estimate of drug-likeness (QED) is 0.605. The molecule has 4 heteroatoms. The summed E-state index contributed by atoms with van der Waals surface area (Å²) < 4.78 is -1.10. The summed E-state index contributed by atoms with van der Waals surface area (Å²) >= 11 is 17.7. The maximum atomic E-state index is 5.40. The van der Waals surface area contributed by atoms with Gasteiger partial charge < -0.3 is 0 Å². The number of rotatable bonds is 2. The third kappa shape index (κ3) is 7.22. The summed E-state index contributed by atoms with van der Waals surface area (Å²) in [4.78, 5) is 0. The van der Waals surface area contributed by atoms with Gasteiger partial charge in [-0.25, -0.2) is 0 Å². The van der Waals surface area contributed by atoms with Crippen LogP contribution in [0.25, 0.3) is 0 Å². The molecule has 8 heavy (non-hydrogen) atoms. The monoisotopic (exact) mass is 191 g/mol. The molecule has 0 aromatic rings. The summed E-state index contributed by atoms with van der Waals surface area (Å²) in [6.07, 6.45) is 0. The molecule has 0 unspecified atom stereocenters. The van der Waals surface area contributed by atoms with Crippen molar-refractivity contribution in [3.8, 4) is 0 Å². The van der Waals surface area contributed by atoms with Crippen molar-refractivity contribution in [2.45, 2.75) is 10.7 Å². The summed E-state index contributed by atoms with van der Waals surface area (Å²) in [5.74, 6) is 2.41. The van der Waals surface area contributed by atoms with Gasteiger partial charge in [0.25, 0.3) is 0 Å². The molecule has 0 aliphatic carbocycles. The van der Waals surface area contributed by atoms with Crippen LogP contribution in [0.5, 0.6) is 0 Å². The largest absolute Gasteiger partial charge is 0.199 e. The van der Waals surface area contributed by atoms with Crippen molar-refractivity contribution in [2.24, 2.45) is 0 Å². The van der Waals surface area contributed by atoms with Crippen molar-refractivity contribution in [2.75, 3.05) is 5.75 Å². The molecule has 0 bridgehead atoms. The summed E-state index contributed by atoms with van der Waals surface area (Å²) in [7, 11) is 0. The SMILES string of the molecule is C[CH]SCC(Cl)(Cl)Cl. The van der Waals surface area contributed by atoms with E-state index in [0.29, 0.717) is 5.75 Å². The van der Waals surface area contributed by atoms with Crippen molar-refractivity contribution in [1.82, 2.24) is 0 Å². The van der Waals surface area contributed by atoms with E-state index in [1.165, 1.54) is 11.8 Å². The van der Waals surface area contributed by atoms with Gasteiger partial charge >= 0.3 is 0 Å². The molecule has 0 amide bonds. The van der Waals surface area contributed by atoms with Crippen LogP contribution in [0.1, 0.15) is 6.92 Å². The number of hydrogen-bond donors (Lipinski definition) is 0. The van der Waals surface area contributed by atoms with E-state index in [4.69, 9.17) is 34.8 Å². The van der Waals surface area contributed by atoms with Gasteiger partial charge in [-0.1, -0.05) is 41.7 Å². The van der Waals surface area contributed by atoms with Crippen LogP contribution in [0, 0.1) is 5.75 Å². The summed E-state index contributed by atoms with van der Waals surface area (Å²) in [6, 6.07) is 0. The molecule has 1 radical (unpaired) electrons. The van der Waals surface area contributed by atoms with Gasteiger partial charge in [0.1, 0.15) is 0 Å². The Kier molecular flexibility index (Phi) is 4.73. The Morgan fingerprint density at radius 3 is 2.12 bits per heavy atom. The molecule has 0 saturated heterocycles. The highest BCUT2D eigenvalue weighted by Gasteiger charge is 2.18. The fourth-order valence-electron chi connectivity index (χ4n) is 0.178. The first-order valence-corrected chi connectivity index (χ1v) is 4.20. The molecule has 0 aromatic heterocycles. The van der Waals surface area contributed by atoms with Crippen LogP contribution in [-0.2, 0) is 0 Å². The van der Waals surface area contributed by atoms with Gasteiger partial charge in [0.2, 0.25) is 0 Å². The van der Waals surface area contributed by atoms with E-state index in [0.717, 1.165) is 0 Å². The van der Waals surface area contributed by atoms with E-state index in [1.54, 1.807) is 0 Å². The Morgan fingerprint density at radius 1 is 1.50 bits per heavy atom. The zero-order chi connectivity index (χ0) is 6.62. The van der Waals surface area contributed by atoms with Crippen molar-refractivity contribution in [1.29, 1.82) is 0 Å². The lowest BCUT2D eigenvalue weighted by Gasteiger charge is -2.07. The molecule has 0 rings (SSSR count). The lowest BCUT2D eigenvalue weighted by atomic mass is 10.9. The second kappa shape index (κ2) is 4.10. The minimum Gasteiger partial charge on any atom is -0.153 e. The standard InChI is InChI=1S/C4H6Cl3S/c1-2-8-3-4(5,6)7/h2H,3H2,1H3. The molecule has 0 heterocycles. The zero-order valence-electron chi connectivity index (χ0n) is 4.33. The summed E-state index contributed by atoms with van der Waals surface area (Å²) in [5.41, 5.74) is 0. The van der Waals surface area contributed by atoms with Crippen LogP contribution in [-0.4, -0.2) is 9.55 Å². The highest BCUT2D eigenvalue weighted by molar-refractivity contribution is 8.01. The maximum absolute atomic E-state index is 5.40. The first kappa shape index (κ1) is 9.22. The Bertz CT molecular complexity index is 58.8. The van der Waals surface area contributed by atoms with E-state index in [1.807, 2.05) is 12.7 Å². The molecule has 0 atom stereocenters. The third-order valence-corrected chi connectivity index (χ3v) is 2.22. The van der Waals surface area contributed by atoms with Gasteiger partial charge in [-0.2, -0.15) is 11.8 Å². The third-order valence-electron chi connectivity index (χ3n) is 0.414. The average Bonchev–Trinajstić information content (AvgIpc) is 1.59. The van der Waals surface area contributed by atoms with E-state index in [2.05, 4.69) is 0 Å². The predicted molar refractivity (Wildman–Crippen MR) is 42.7 cm³/mol. The molecule has 0 aliphatic rings. The molecule has 0 spiro atoms. The van der Waals surface area contributed by atoms with Crippen LogP contribution in [0.3, 0.4) is 0 Å². The molecular formula is C4H6Cl3S. The molecule has 0 saturated carbocycles.